The highest BCUT2D eigenvalue weighted by Gasteiger charge is 2.28. The minimum Gasteiger partial charge on any atom is -0.359 e. The number of hydrogen-bond donors (Lipinski definition) is 0. The fourth-order valence-corrected chi connectivity index (χ4v) is 1.14. The standard InChI is InChI=1S/C8H12N2O3/c1-3-13-10-5-4-9(2)7(6-11)8(10)12/h3-5H2,1-2H3. The fraction of sp³-hybridized carbons (Fsp3) is 0.625. The highest BCUT2D eigenvalue weighted by atomic mass is 16.7. The second-order valence-corrected chi connectivity index (χ2v) is 2.70. The van der Waals surface area contributed by atoms with E-state index < -0.39 is 5.91 Å². The predicted octanol–water partition coefficient (Wildman–Crippen LogP) is -0.573. The SMILES string of the molecule is CCON1CCN(C)C(=C=O)C1=O. The topological polar surface area (TPSA) is 49.9 Å². The molecule has 0 unspecified atom stereocenters. The zero-order valence-corrected chi connectivity index (χ0v) is 7.74. The number of hydroxylamine groups is 2. The molecule has 1 amide bonds. The van der Waals surface area contributed by atoms with Crippen LogP contribution in [-0.4, -0.2) is 48.6 Å². The Kier molecular flexibility index (Phi) is 3.06. The Bertz CT molecular complexity index is 258. The minimum atomic E-state index is -0.411. The molecule has 1 fully saturated rings. The number of rotatable bonds is 2. The van der Waals surface area contributed by atoms with Gasteiger partial charge >= 0.3 is 5.91 Å². The van der Waals surface area contributed by atoms with Crippen LogP contribution in [0.4, 0.5) is 0 Å². The van der Waals surface area contributed by atoms with Crippen LogP contribution in [0, 0.1) is 0 Å². The summed E-state index contributed by atoms with van der Waals surface area (Å²) in [5.41, 5.74) is 0.0275. The lowest BCUT2D eigenvalue weighted by molar-refractivity contribution is -0.187. The smallest absolute Gasteiger partial charge is 0.305 e. The van der Waals surface area contributed by atoms with Gasteiger partial charge in [-0.05, 0) is 6.92 Å². The Morgan fingerprint density at radius 1 is 1.54 bits per heavy atom. The van der Waals surface area contributed by atoms with Gasteiger partial charge in [0.1, 0.15) is 0 Å². The number of carbonyl (C=O) groups is 1. The van der Waals surface area contributed by atoms with Crippen LogP contribution in [-0.2, 0) is 14.4 Å². The van der Waals surface area contributed by atoms with Gasteiger partial charge in [-0.3, -0.25) is 9.63 Å². The molecule has 0 aromatic carbocycles. The van der Waals surface area contributed by atoms with E-state index in [4.69, 9.17) is 4.84 Å². The molecule has 13 heavy (non-hydrogen) atoms. The fourth-order valence-electron chi connectivity index (χ4n) is 1.14. The molecule has 0 atom stereocenters. The second kappa shape index (κ2) is 4.07. The molecule has 0 aromatic heterocycles. The monoisotopic (exact) mass is 184 g/mol. The Morgan fingerprint density at radius 2 is 2.23 bits per heavy atom. The molecule has 0 bridgehead atoms. The Labute approximate surface area is 76.5 Å². The van der Waals surface area contributed by atoms with Gasteiger partial charge in [0.15, 0.2) is 11.6 Å². The number of nitrogens with zero attached hydrogens (tertiary/aromatic N) is 2. The molecule has 72 valence electrons. The van der Waals surface area contributed by atoms with Crippen molar-refractivity contribution < 1.29 is 14.4 Å². The minimum absolute atomic E-state index is 0.0275. The van der Waals surface area contributed by atoms with Crippen molar-refractivity contribution in [1.82, 2.24) is 9.96 Å². The summed E-state index contributed by atoms with van der Waals surface area (Å²) in [6.07, 6.45) is 0. The summed E-state index contributed by atoms with van der Waals surface area (Å²) in [4.78, 5) is 28.4. The summed E-state index contributed by atoms with van der Waals surface area (Å²) in [6, 6.07) is 0. The van der Waals surface area contributed by atoms with Gasteiger partial charge < -0.3 is 4.90 Å². The van der Waals surface area contributed by atoms with Crippen LogP contribution in [0.5, 0.6) is 0 Å². The van der Waals surface area contributed by atoms with Gasteiger partial charge in [0.25, 0.3) is 0 Å². The Hall–Kier alpha value is -1.32. The van der Waals surface area contributed by atoms with Crippen molar-refractivity contribution in [3.63, 3.8) is 0 Å². The van der Waals surface area contributed by atoms with Crippen molar-refractivity contribution in [3.05, 3.63) is 5.70 Å². The van der Waals surface area contributed by atoms with E-state index in [1.807, 2.05) is 0 Å². The molecule has 5 nitrogen and oxygen atoms in total. The van der Waals surface area contributed by atoms with E-state index >= 15 is 0 Å². The van der Waals surface area contributed by atoms with Gasteiger partial charge in [0.2, 0.25) is 0 Å². The number of likely N-dealkylation sites (N-methyl/N-ethyl adjacent to an activating group) is 1. The normalized spacial score (nSPS) is 17.7. The number of carbonyl (C=O) groups excluding carboxylic acids is 2. The number of amides is 1. The quantitative estimate of drug-likeness (QED) is 0.426. The molecule has 0 aliphatic carbocycles. The molecule has 0 N–H and O–H groups in total. The summed E-state index contributed by atoms with van der Waals surface area (Å²) in [7, 11) is 1.68. The van der Waals surface area contributed by atoms with Crippen molar-refractivity contribution >= 4 is 11.8 Å². The molecule has 0 spiro atoms. The van der Waals surface area contributed by atoms with Crippen LogP contribution in [0.3, 0.4) is 0 Å². The van der Waals surface area contributed by atoms with Crippen LogP contribution in [0.2, 0.25) is 0 Å². The van der Waals surface area contributed by atoms with E-state index in [9.17, 15) is 9.59 Å². The molecule has 0 radical (unpaired) electrons. The van der Waals surface area contributed by atoms with Crippen LogP contribution < -0.4 is 0 Å². The lowest BCUT2D eigenvalue weighted by Crippen LogP contribution is -2.47. The van der Waals surface area contributed by atoms with Crippen LogP contribution >= 0.6 is 0 Å². The van der Waals surface area contributed by atoms with E-state index in [1.165, 1.54) is 5.06 Å². The van der Waals surface area contributed by atoms with E-state index in [0.29, 0.717) is 19.7 Å². The maximum atomic E-state index is 11.4. The Morgan fingerprint density at radius 3 is 2.77 bits per heavy atom. The van der Waals surface area contributed by atoms with E-state index in [0.717, 1.165) is 0 Å². The van der Waals surface area contributed by atoms with Gasteiger partial charge in [0.05, 0.1) is 13.2 Å². The van der Waals surface area contributed by atoms with Crippen molar-refractivity contribution in [2.45, 2.75) is 6.92 Å². The molecule has 1 aliphatic heterocycles. The van der Waals surface area contributed by atoms with Crippen molar-refractivity contribution in [2.24, 2.45) is 0 Å². The average molecular weight is 184 g/mol. The summed E-state index contributed by atoms with van der Waals surface area (Å²) in [5, 5.41) is 1.19. The van der Waals surface area contributed by atoms with Gasteiger partial charge in [0, 0.05) is 13.6 Å². The molecule has 5 heteroatoms. The molecule has 1 heterocycles. The zero-order chi connectivity index (χ0) is 9.84. The predicted molar refractivity (Wildman–Crippen MR) is 45.2 cm³/mol. The van der Waals surface area contributed by atoms with E-state index in [1.54, 1.807) is 24.8 Å². The van der Waals surface area contributed by atoms with Gasteiger partial charge in [-0.1, -0.05) is 0 Å². The van der Waals surface area contributed by atoms with Crippen LogP contribution in [0.15, 0.2) is 5.70 Å². The summed E-state index contributed by atoms with van der Waals surface area (Å²) >= 11 is 0. The first kappa shape index (κ1) is 9.77. The third-order valence-corrected chi connectivity index (χ3v) is 1.83. The third kappa shape index (κ3) is 1.88. The van der Waals surface area contributed by atoms with Crippen molar-refractivity contribution in [2.75, 3.05) is 26.7 Å². The molecule has 0 aromatic rings. The molecule has 1 saturated heterocycles. The highest BCUT2D eigenvalue weighted by molar-refractivity contribution is 5.99. The Balaban J connectivity index is 2.76. The average Bonchev–Trinajstić information content (AvgIpc) is 2.11. The van der Waals surface area contributed by atoms with Crippen molar-refractivity contribution in [1.29, 1.82) is 0 Å². The first-order valence-electron chi connectivity index (χ1n) is 4.11. The summed E-state index contributed by atoms with van der Waals surface area (Å²) < 4.78 is 0. The molecule has 1 rings (SSSR count). The second-order valence-electron chi connectivity index (χ2n) is 2.70. The third-order valence-electron chi connectivity index (χ3n) is 1.83. The van der Waals surface area contributed by atoms with Crippen LogP contribution in [0.25, 0.3) is 0 Å². The van der Waals surface area contributed by atoms with E-state index in [-0.39, 0.29) is 5.70 Å². The van der Waals surface area contributed by atoms with Gasteiger partial charge in [-0.25, -0.2) is 9.86 Å². The zero-order valence-electron chi connectivity index (χ0n) is 7.74. The number of piperazine rings is 1. The lowest BCUT2D eigenvalue weighted by Gasteiger charge is -2.31. The lowest BCUT2D eigenvalue weighted by atomic mass is 10.3. The summed E-state index contributed by atoms with van der Waals surface area (Å²) in [5.74, 6) is 1.20. The van der Waals surface area contributed by atoms with Crippen molar-refractivity contribution in [3.8, 4) is 0 Å². The van der Waals surface area contributed by atoms with Gasteiger partial charge in [-0.15, -0.1) is 0 Å². The first-order valence-corrected chi connectivity index (χ1v) is 4.11. The molecule has 0 saturated carbocycles. The maximum Gasteiger partial charge on any atom is 0.305 e. The molecular formula is C8H12N2O3. The maximum absolute atomic E-state index is 11.4. The first-order chi connectivity index (χ1) is 6.20. The molecule has 1 aliphatic rings. The molecular weight excluding hydrogens is 172 g/mol. The highest BCUT2D eigenvalue weighted by Crippen LogP contribution is 2.10. The van der Waals surface area contributed by atoms with E-state index in [2.05, 4.69) is 0 Å². The number of hydrogen-bond acceptors (Lipinski definition) is 4. The largest absolute Gasteiger partial charge is 0.359 e. The van der Waals surface area contributed by atoms with Gasteiger partial charge in [-0.2, -0.15) is 0 Å². The summed E-state index contributed by atoms with van der Waals surface area (Å²) in [6.45, 7) is 3.28. The van der Waals surface area contributed by atoms with Crippen LogP contribution in [0.1, 0.15) is 6.92 Å².